The molecular formula is C29H36N6O2. The molecule has 5 rings (SSSR count). The number of nitrogens with zero attached hydrogens (tertiary/aromatic N) is 5. The second kappa shape index (κ2) is 11.4. The predicted octanol–water partition coefficient (Wildman–Crippen LogP) is 4.51. The fourth-order valence-electron chi connectivity index (χ4n) is 5.38. The highest BCUT2D eigenvalue weighted by Crippen LogP contribution is 2.27. The maximum atomic E-state index is 13.3. The Balaban J connectivity index is 1.48. The molecule has 1 fully saturated rings. The van der Waals surface area contributed by atoms with Crippen molar-refractivity contribution in [2.24, 2.45) is 0 Å². The number of H-pyrrole nitrogens is 1. The topological polar surface area (TPSA) is 88.9 Å². The summed E-state index contributed by atoms with van der Waals surface area (Å²) in [6, 6.07) is 16.7. The van der Waals surface area contributed by atoms with E-state index in [2.05, 4.69) is 81.7 Å². The average Bonchev–Trinajstić information content (AvgIpc) is 3.59. The molecule has 1 N–H and O–H groups in total. The second-order valence-corrected chi connectivity index (χ2v) is 10.1. The van der Waals surface area contributed by atoms with Gasteiger partial charge >= 0.3 is 0 Å². The van der Waals surface area contributed by atoms with E-state index in [9.17, 15) is 4.79 Å². The van der Waals surface area contributed by atoms with Crippen LogP contribution in [0.1, 0.15) is 60.3 Å². The Kier molecular flexibility index (Phi) is 7.76. The zero-order valence-corrected chi connectivity index (χ0v) is 22.0. The first-order valence-electron chi connectivity index (χ1n) is 13.3. The number of hydrogen-bond acceptors (Lipinski definition) is 6. The molecule has 2 aromatic carbocycles. The van der Waals surface area contributed by atoms with Gasteiger partial charge in [-0.15, -0.1) is 5.10 Å². The standard InChI is InChI=1S/C29H36N6O2/c1-4-26(28-31-32-33-35(28)19-24-11-8-16-37-24)34(15-14-22-9-6-5-7-10-22)18-23-17-25-20(2)12-13-21(3)27(25)30-29(23)36/h5-7,9-10,12-13,17,24,26H,4,8,11,14-16,18-19H2,1-3H3,(H,30,36)/t24-,26+/m1/s1. The van der Waals surface area contributed by atoms with Gasteiger partial charge in [-0.1, -0.05) is 49.4 Å². The summed E-state index contributed by atoms with van der Waals surface area (Å²) in [4.78, 5) is 18.8. The van der Waals surface area contributed by atoms with Crippen molar-refractivity contribution in [1.82, 2.24) is 30.1 Å². The van der Waals surface area contributed by atoms with Gasteiger partial charge in [0.05, 0.1) is 24.2 Å². The monoisotopic (exact) mass is 500 g/mol. The number of fused-ring (bicyclic) bond motifs is 1. The smallest absolute Gasteiger partial charge is 0.252 e. The molecular weight excluding hydrogens is 464 g/mol. The van der Waals surface area contributed by atoms with E-state index in [1.165, 1.54) is 5.56 Å². The van der Waals surface area contributed by atoms with Crippen LogP contribution in [0, 0.1) is 13.8 Å². The molecule has 3 heterocycles. The van der Waals surface area contributed by atoms with E-state index in [1.54, 1.807) is 0 Å². The molecule has 8 nitrogen and oxygen atoms in total. The molecule has 37 heavy (non-hydrogen) atoms. The van der Waals surface area contributed by atoms with Gasteiger partial charge < -0.3 is 9.72 Å². The quantitative estimate of drug-likeness (QED) is 0.345. The normalized spacial score (nSPS) is 16.6. The highest BCUT2D eigenvalue weighted by atomic mass is 16.5. The summed E-state index contributed by atoms with van der Waals surface area (Å²) in [5.41, 5.74) is 5.12. The highest BCUT2D eigenvalue weighted by molar-refractivity contribution is 5.85. The largest absolute Gasteiger partial charge is 0.376 e. The molecule has 1 aliphatic heterocycles. The van der Waals surface area contributed by atoms with E-state index in [1.807, 2.05) is 17.7 Å². The van der Waals surface area contributed by atoms with Gasteiger partial charge in [0.25, 0.3) is 5.56 Å². The van der Waals surface area contributed by atoms with Crippen molar-refractivity contribution in [3.05, 3.63) is 87.0 Å². The van der Waals surface area contributed by atoms with Crippen LogP contribution in [-0.2, 0) is 24.2 Å². The van der Waals surface area contributed by atoms with Gasteiger partial charge in [0.15, 0.2) is 5.82 Å². The minimum absolute atomic E-state index is 0.0335. The van der Waals surface area contributed by atoms with E-state index in [0.29, 0.717) is 13.1 Å². The number of aromatic nitrogens is 5. The van der Waals surface area contributed by atoms with E-state index in [0.717, 1.165) is 72.3 Å². The first-order chi connectivity index (χ1) is 18.0. The lowest BCUT2D eigenvalue weighted by atomic mass is 10.0. The van der Waals surface area contributed by atoms with Gasteiger partial charge in [-0.25, -0.2) is 4.68 Å². The Bertz CT molecular complexity index is 1390. The molecule has 2 atom stereocenters. The molecule has 8 heteroatoms. The number of nitrogens with one attached hydrogen (secondary N) is 1. The van der Waals surface area contributed by atoms with Crippen molar-refractivity contribution in [3.63, 3.8) is 0 Å². The Morgan fingerprint density at radius 1 is 1.16 bits per heavy atom. The summed E-state index contributed by atoms with van der Waals surface area (Å²) in [6.45, 7) is 9.02. The third-order valence-electron chi connectivity index (χ3n) is 7.51. The van der Waals surface area contributed by atoms with Crippen LogP contribution in [0.15, 0.2) is 53.3 Å². The third kappa shape index (κ3) is 5.65. The number of pyridine rings is 1. The van der Waals surface area contributed by atoms with Crippen molar-refractivity contribution in [2.45, 2.75) is 71.7 Å². The van der Waals surface area contributed by atoms with Crippen LogP contribution in [0.3, 0.4) is 0 Å². The number of hydrogen-bond donors (Lipinski definition) is 1. The summed E-state index contributed by atoms with van der Waals surface area (Å²) >= 11 is 0. The van der Waals surface area contributed by atoms with Gasteiger partial charge in [0.1, 0.15) is 0 Å². The van der Waals surface area contributed by atoms with Gasteiger partial charge in [-0.2, -0.15) is 0 Å². The summed E-state index contributed by atoms with van der Waals surface area (Å²) in [5, 5.41) is 13.9. The van der Waals surface area contributed by atoms with Gasteiger partial charge in [-0.3, -0.25) is 9.69 Å². The van der Waals surface area contributed by atoms with E-state index in [-0.39, 0.29) is 17.7 Å². The fraction of sp³-hybridized carbons (Fsp3) is 0.448. The van der Waals surface area contributed by atoms with Crippen molar-refractivity contribution in [1.29, 1.82) is 0 Å². The number of ether oxygens (including phenoxy) is 1. The van der Waals surface area contributed by atoms with Gasteiger partial charge in [0.2, 0.25) is 0 Å². The average molecular weight is 501 g/mol. The summed E-state index contributed by atoms with van der Waals surface area (Å²) in [7, 11) is 0. The first-order valence-corrected chi connectivity index (χ1v) is 13.3. The highest BCUT2D eigenvalue weighted by Gasteiger charge is 2.27. The van der Waals surface area contributed by atoms with Crippen LogP contribution < -0.4 is 5.56 Å². The van der Waals surface area contributed by atoms with Crippen LogP contribution in [0.4, 0.5) is 0 Å². The molecule has 0 aliphatic carbocycles. The zero-order chi connectivity index (χ0) is 25.8. The van der Waals surface area contributed by atoms with Crippen LogP contribution in [-0.4, -0.2) is 49.3 Å². The Morgan fingerprint density at radius 2 is 1.97 bits per heavy atom. The molecule has 0 amide bonds. The molecule has 0 radical (unpaired) electrons. The molecule has 4 aromatic rings. The maximum Gasteiger partial charge on any atom is 0.252 e. The lowest BCUT2D eigenvalue weighted by Crippen LogP contribution is -2.34. The van der Waals surface area contributed by atoms with E-state index < -0.39 is 0 Å². The summed E-state index contributed by atoms with van der Waals surface area (Å²) < 4.78 is 7.76. The lowest BCUT2D eigenvalue weighted by Gasteiger charge is -2.30. The molecule has 0 saturated carbocycles. The molecule has 0 bridgehead atoms. The summed E-state index contributed by atoms with van der Waals surface area (Å²) in [6.07, 6.45) is 3.94. The second-order valence-electron chi connectivity index (χ2n) is 10.1. The van der Waals surface area contributed by atoms with Crippen molar-refractivity contribution < 1.29 is 4.74 Å². The van der Waals surface area contributed by atoms with Crippen LogP contribution in [0.5, 0.6) is 0 Å². The minimum atomic E-state index is -0.0419. The molecule has 1 saturated heterocycles. The number of aryl methyl sites for hydroxylation is 2. The van der Waals surface area contributed by atoms with Gasteiger partial charge in [0, 0.05) is 30.6 Å². The van der Waals surface area contributed by atoms with Gasteiger partial charge in [-0.05, 0) is 72.7 Å². The molecule has 1 aliphatic rings. The molecule has 194 valence electrons. The van der Waals surface area contributed by atoms with Crippen molar-refractivity contribution in [2.75, 3.05) is 13.2 Å². The van der Waals surface area contributed by atoms with Crippen molar-refractivity contribution >= 4 is 10.9 Å². The van der Waals surface area contributed by atoms with Crippen LogP contribution in [0.2, 0.25) is 0 Å². The first kappa shape index (κ1) is 25.3. The molecule has 0 spiro atoms. The van der Waals surface area contributed by atoms with E-state index >= 15 is 0 Å². The maximum absolute atomic E-state index is 13.3. The minimum Gasteiger partial charge on any atom is -0.376 e. The number of benzene rings is 2. The van der Waals surface area contributed by atoms with Crippen LogP contribution >= 0.6 is 0 Å². The predicted molar refractivity (Wildman–Crippen MR) is 144 cm³/mol. The van der Waals surface area contributed by atoms with Crippen LogP contribution in [0.25, 0.3) is 10.9 Å². The Morgan fingerprint density at radius 3 is 2.73 bits per heavy atom. The molecule has 2 aromatic heterocycles. The Labute approximate surface area is 217 Å². The number of aromatic amines is 1. The van der Waals surface area contributed by atoms with Crippen molar-refractivity contribution in [3.8, 4) is 0 Å². The fourth-order valence-corrected chi connectivity index (χ4v) is 5.38. The third-order valence-corrected chi connectivity index (χ3v) is 7.51. The number of rotatable bonds is 10. The summed E-state index contributed by atoms with van der Waals surface area (Å²) in [5.74, 6) is 0.829. The van der Waals surface area contributed by atoms with E-state index in [4.69, 9.17) is 4.74 Å². The Hall–Kier alpha value is -3.36. The lowest BCUT2D eigenvalue weighted by molar-refractivity contribution is 0.0893. The SMILES string of the molecule is CC[C@@H](c1nnnn1C[C@H]1CCCO1)N(CCc1ccccc1)Cc1cc2c(C)ccc(C)c2[nH]c1=O. The zero-order valence-electron chi connectivity index (χ0n) is 22.0. The number of tetrazole rings is 1. The molecule has 0 unspecified atom stereocenters.